The van der Waals surface area contributed by atoms with Gasteiger partial charge in [-0.3, -0.25) is 14.3 Å². The van der Waals surface area contributed by atoms with E-state index >= 15 is 0 Å². The first-order valence-electron chi connectivity index (χ1n) is 12.7. The van der Waals surface area contributed by atoms with Gasteiger partial charge in [0.1, 0.15) is 0 Å². The summed E-state index contributed by atoms with van der Waals surface area (Å²) in [7, 11) is 0. The molecule has 3 aromatic rings. The van der Waals surface area contributed by atoms with Crippen LogP contribution in [-0.4, -0.2) is 68.3 Å². The molecule has 2 bridgehead atoms. The zero-order chi connectivity index (χ0) is 27.2. The molecule has 2 atom stereocenters. The van der Waals surface area contributed by atoms with Gasteiger partial charge in [0, 0.05) is 56.1 Å². The fourth-order valence-corrected chi connectivity index (χ4v) is 5.28. The van der Waals surface area contributed by atoms with Crippen LogP contribution in [-0.2, 0) is 16.1 Å². The minimum atomic E-state index is -1.26. The molecule has 0 aliphatic carbocycles. The third-order valence-corrected chi connectivity index (χ3v) is 7.09. The lowest BCUT2D eigenvalue weighted by atomic mass is 10.1. The summed E-state index contributed by atoms with van der Waals surface area (Å²) in [5.74, 6) is -2.51. The van der Waals surface area contributed by atoms with Crippen molar-refractivity contribution in [1.82, 2.24) is 14.5 Å². The van der Waals surface area contributed by atoms with Crippen LogP contribution in [0.3, 0.4) is 0 Å². The molecule has 0 amide bonds. The molecule has 2 unspecified atom stereocenters. The number of para-hydroxylation sites is 1. The van der Waals surface area contributed by atoms with E-state index in [9.17, 15) is 19.2 Å². The number of hydrogen-bond acceptors (Lipinski definition) is 6. The Morgan fingerprint density at radius 3 is 2.13 bits per heavy atom. The number of carboxylic acid groups (broad SMARTS) is 2. The summed E-state index contributed by atoms with van der Waals surface area (Å²) in [5.41, 5.74) is 2.70. The number of nitrogens with one attached hydrogen (secondary N) is 1. The van der Waals surface area contributed by atoms with Crippen LogP contribution in [0.4, 0.5) is 5.69 Å². The quantitative estimate of drug-likeness (QED) is 0.404. The van der Waals surface area contributed by atoms with Gasteiger partial charge in [-0.1, -0.05) is 29.8 Å². The lowest BCUT2D eigenvalue weighted by Crippen LogP contribution is -2.54. The fourth-order valence-electron chi connectivity index (χ4n) is 5.28. The SMILES string of the molecule is Cc1ccc(N2CC3CCC(C2)N3CCCn2c(=O)[nH]c3ccccc3c2=O)cc1.O=C(O)/C=C\C(=O)O. The van der Waals surface area contributed by atoms with Crippen LogP contribution in [0.5, 0.6) is 0 Å². The van der Waals surface area contributed by atoms with E-state index in [4.69, 9.17) is 10.2 Å². The molecule has 2 aliphatic heterocycles. The number of hydrogen-bond donors (Lipinski definition) is 3. The second-order valence-corrected chi connectivity index (χ2v) is 9.66. The number of anilines is 1. The number of nitrogens with zero attached hydrogens (tertiary/aromatic N) is 3. The van der Waals surface area contributed by atoms with E-state index in [1.165, 1.54) is 28.7 Å². The number of piperazine rings is 1. The minimum Gasteiger partial charge on any atom is -0.478 e. The highest BCUT2D eigenvalue weighted by atomic mass is 16.4. The average molecular weight is 521 g/mol. The molecule has 3 heterocycles. The number of H-pyrrole nitrogens is 1. The smallest absolute Gasteiger partial charge is 0.328 e. The number of rotatable bonds is 7. The van der Waals surface area contributed by atoms with Gasteiger partial charge in [0.05, 0.1) is 10.9 Å². The highest BCUT2D eigenvalue weighted by Gasteiger charge is 2.39. The second kappa shape index (κ2) is 11.9. The zero-order valence-electron chi connectivity index (χ0n) is 21.2. The van der Waals surface area contributed by atoms with Crippen LogP contribution < -0.4 is 16.1 Å². The summed E-state index contributed by atoms with van der Waals surface area (Å²) in [6, 6.07) is 17.1. The van der Waals surface area contributed by atoms with Gasteiger partial charge in [-0.25, -0.2) is 14.4 Å². The minimum absolute atomic E-state index is 0.193. The molecule has 0 saturated carbocycles. The van der Waals surface area contributed by atoms with Gasteiger partial charge in [-0.15, -0.1) is 0 Å². The Morgan fingerprint density at radius 1 is 0.921 bits per heavy atom. The maximum absolute atomic E-state index is 12.7. The highest BCUT2D eigenvalue weighted by molar-refractivity contribution is 5.89. The molecule has 3 N–H and O–H groups in total. The molecular formula is C28H32N4O6. The molecule has 5 rings (SSSR count). The molecule has 1 aromatic heterocycles. The van der Waals surface area contributed by atoms with Crippen molar-refractivity contribution in [3.63, 3.8) is 0 Å². The predicted octanol–water partition coefficient (Wildman–Crippen LogP) is 2.45. The van der Waals surface area contributed by atoms with E-state index in [1.807, 2.05) is 12.1 Å². The maximum atomic E-state index is 12.7. The van der Waals surface area contributed by atoms with Gasteiger partial charge >= 0.3 is 17.6 Å². The molecule has 0 radical (unpaired) electrons. The predicted molar refractivity (Wildman–Crippen MR) is 145 cm³/mol. The summed E-state index contributed by atoms with van der Waals surface area (Å²) < 4.78 is 1.35. The second-order valence-electron chi connectivity index (χ2n) is 9.66. The number of aromatic nitrogens is 2. The summed E-state index contributed by atoms with van der Waals surface area (Å²) in [4.78, 5) is 52.2. The number of aromatic amines is 1. The van der Waals surface area contributed by atoms with Crippen LogP contribution in [0.1, 0.15) is 24.8 Å². The molecule has 2 fully saturated rings. The molecule has 200 valence electrons. The van der Waals surface area contributed by atoms with Gasteiger partial charge in [0.15, 0.2) is 0 Å². The largest absolute Gasteiger partial charge is 0.478 e. The molecule has 2 saturated heterocycles. The standard InChI is InChI=1S/C24H28N4O2.C4H4O4/c1-17-7-9-18(10-8-17)26-15-19-11-12-20(16-26)27(19)13-4-14-28-23(29)21-5-2-3-6-22(21)25-24(28)30;5-3(6)1-2-4(7)8/h2-3,5-10,19-20H,4,11-16H2,1H3,(H,25,30);1-2H,(H,5,6)(H,7,8)/b;2-1-. The van der Waals surface area contributed by atoms with Crippen LogP contribution in [0.15, 0.2) is 70.3 Å². The van der Waals surface area contributed by atoms with Crippen molar-refractivity contribution >= 4 is 28.5 Å². The number of aliphatic carboxylic acids is 2. The molecule has 10 nitrogen and oxygen atoms in total. The molecule has 2 aromatic carbocycles. The Hall–Kier alpha value is -4.18. The van der Waals surface area contributed by atoms with Crippen molar-refractivity contribution in [3.8, 4) is 0 Å². The molecule has 2 aliphatic rings. The van der Waals surface area contributed by atoms with E-state index in [0.29, 0.717) is 41.7 Å². The van der Waals surface area contributed by atoms with Crippen LogP contribution in [0, 0.1) is 6.92 Å². The Balaban J connectivity index is 0.000000368. The summed E-state index contributed by atoms with van der Waals surface area (Å²) in [6.07, 6.45) is 4.37. The van der Waals surface area contributed by atoms with Crippen molar-refractivity contribution in [2.24, 2.45) is 0 Å². The van der Waals surface area contributed by atoms with E-state index in [0.717, 1.165) is 26.1 Å². The molecule has 10 heteroatoms. The summed E-state index contributed by atoms with van der Waals surface area (Å²) in [5, 5.41) is 16.2. The molecule has 0 spiro atoms. The topological polar surface area (TPSA) is 136 Å². The third kappa shape index (κ3) is 6.38. The first-order chi connectivity index (χ1) is 18.2. The van der Waals surface area contributed by atoms with Crippen molar-refractivity contribution < 1.29 is 19.8 Å². The number of aryl methyl sites for hydroxylation is 1. The maximum Gasteiger partial charge on any atom is 0.328 e. The van der Waals surface area contributed by atoms with Crippen molar-refractivity contribution in [2.75, 3.05) is 24.5 Å². The van der Waals surface area contributed by atoms with Gasteiger partial charge < -0.3 is 20.1 Å². The monoisotopic (exact) mass is 520 g/mol. The molecular weight excluding hydrogens is 488 g/mol. The normalized spacial score (nSPS) is 18.9. The van der Waals surface area contributed by atoms with Gasteiger partial charge in [0.2, 0.25) is 0 Å². The van der Waals surface area contributed by atoms with E-state index in [-0.39, 0.29) is 11.2 Å². The average Bonchev–Trinajstić information content (AvgIpc) is 3.11. The van der Waals surface area contributed by atoms with E-state index in [2.05, 4.69) is 46.0 Å². The Bertz CT molecular complexity index is 1410. The van der Waals surface area contributed by atoms with Gasteiger partial charge in [-0.2, -0.15) is 0 Å². The van der Waals surface area contributed by atoms with Crippen molar-refractivity contribution in [3.05, 3.63) is 87.1 Å². The Kier molecular flexibility index (Phi) is 8.42. The van der Waals surface area contributed by atoms with E-state index in [1.54, 1.807) is 12.1 Å². The van der Waals surface area contributed by atoms with Crippen LogP contribution >= 0.6 is 0 Å². The number of fused-ring (bicyclic) bond motifs is 3. The van der Waals surface area contributed by atoms with Gasteiger partial charge in [0.25, 0.3) is 5.56 Å². The fraction of sp³-hybridized carbons (Fsp3) is 0.357. The highest BCUT2D eigenvalue weighted by Crippen LogP contribution is 2.32. The number of carbonyl (C=O) groups is 2. The van der Waals surface area contributed by atoms with Crippen molar-refractivity contribution in [1.29, 1.82) is 0 Å². The van der Waals surface area contributed by atoms with Gasteiger partial charge in [-0.05, 0) is 50.5 Å². The lowest BCUT2D eigenvalue weighted by molar-refractivity contribution is -0.134. The first kappa shape index (κ1) is 26.9. The third-order valence-electron chi connectivity index (χ3n) is 7.09. The number of carboxylic acids is 2. The molecule has 38 heavy (non-hydrogen) atoms. The van der Waals surface area contributed by atoms with E-state index < -0.39 is 11.9 Å². The Morgan fingerprint density at radius 2 is 1.53 bits per heavy atom. The summed E-state index contributed by atoms with van der Waals surface area (Å²) >= 11 is 0. The van der Waals surface area contributed by atoms with Crippen LogP contribution in [0.25, 0.3) is 10.9 Å². The lowest BCUT2D eigenvalue weighted by Gasteiger charge is -2.42. The number of benzene rings is 2. The zero-order valence-corrected chi connectivity index (χ0v) is 21.2. The van der Waals surface area contributed by atoms with Crippen molar-refractivity contribution in [2.45, 2.75) is 44.8 Å². The Labute approximate surface area is 219 Å². The first-order valence-corrected chi connectivity index (χ1v) is 12.7. The summed E-state index contributed by atoms with van der Waals surface area (Å²) in [6.45, 7) is 5.61. The van der Waals surface area contributed by atoms with Crippen LogP contribution in [0.2, 0.25) is 0 Å².